The molecule has 121 valence electrons. The molecule has 4 nitrogen and oxygen atoms in total. The van der Waals surface area contributed by atoms with Crippen LogP contribution in [0.5, 0.6) is 0 Å². The monoisotopic (exact) mass is 296 g/mol. The topological polar surface area (TPSA) is 83.5 Å². The maximum atomic E-state index is 11.8. The van der Waals surface area contributed by atoms with Gasteiger partial charge in [-0.05, 0) is 36.5 Å². The minimum Gasteiger partial charge on any atom is -0.480 e. The van der Waals surface area contributed by atoms with Crippen LogP contribution in [-0.2, 0) is 4.79 Å². The highest BCUT2D eigenvalue weighted by Gasteiger charge is 2.59. The maximum absolute atomic E-state index is 11.8. The molecule has 0 amide bonds. The Morgan fingerprint density at radius 1 is 1.29 bits per heavy atom. The van der Waals surface area contributed by atoms with Crippen LogP contribution in [0.2, 0.25) is 6.32 Å². The summed E-state index contributed by atoms with van der Waals surface area (Å²) in [6, 6.07) is 0. The Balaban J connectivity index is 3.02. The van der Waals surface area contributed by atoms with Gasteiger partial charge < -0.3 is 15.9 Å². The number of rotatable bonds is 9. The molecule has 0 aromatic rings. The summed E-state index contributed by atoms with van der Waals surface area (Å²) >= 11 is 0. The van der Waals surface area contributed by atoms with Crippen molar-refractivity contribution in [3.63, 3.8) is 0 Å². The Morgan fingerprint density at radius 2 is 1.90 bits per heavy atom. The molecule has 0 saturated heterocycles. The molecule has 0 aromatic carbocycles. The summed E-state index contributed by atoms with van der Waals surface area (Å²) in [6.45, 7) is 6.52. The van der Waals surface area contributed by atoms with Gasteiger partial charge in [0.15, 0.2) is 0 Å². The Labute approximate surface area is 129 Å². The van der Waals surface area contributed by atoms with E-state index in [-0.39, 0.29) is 11.3 Å². The normalized spacial score (nSPS) is 35.9. The fourth-order valence-electron chi connectivity index (χ4n) is 4.26. The average Bonchev–Trinajstić information content (AvgIpc) is 2.67. The number of carboxylic acids is 1. The summed E-state index contributed by atoms with van der Waals surface area (Å²) in [5, 5.41) is 18.6. The highest BCUT2D eigenvalue weighted by molar-refractivity contribution is 6.25. The number of aliphatic carboxylic acids is 1. The first kappa shape index (κ1) is 18.5. The molecule has 5 heteroatoms. The van der Waals surface area contributed by atoms with Crippen molar-refractivity contribution >= 4 is 13.5 Å². The van der Waals surface area contributed by atoms with Gasteiger partial charge in [-0.1, -0.05) is 52.8 Å². The summed E-state index contributed by atoms with van der Waals surface area (Å²) in [6.07, 6.45) is 7.02. The lowest BCUT2D eigenvalue weighted by Crippen LogP contribution is -2.52. The van der Waals surface area contributed by atoms with Crippen LogP contribution in [0.25, 0.3) is 0 Å². The third-order valence-electron chi connectivity index (χ3n) is 5.66. The first-order valence-corrected chi connectivity index (χ1v) is 8.33. The summed E-state index contributed by atoms with van der Waals surface area (Å²) in [4.78, 5) is 11.8. The molecule has 4 atom stereocenters. The number of nitrogens with two attached hydrogens (primary N) is 1. The van der Waals surface area contributed by atoms with Crippen LogP contribution < -0.4 is 5.73 Å². The zero-order valence-corrected chi connectivity index (χ0v) is 13.8. The molecular weight excluding hydrogens is 265 g/mol. The van der Waals surface area contributed by atoms with Crippen molar-refractivity contribution in [2.45, 2.75) is 77.6 Å². The first-order valence-electron chi connectivity index (χ1n) is 8.33. The first-order chi connectivity index (χ1) is 9.85. The molecule has 4 N–H and O–H groups in total. The lowest BCUT2D eigenvalue weighted by atomic mass is 9.71. The zero-order valence-electron chi connectivity index (χ0n) is 13.8. The number of hydrogen-bond acceptors (Lipinski definition) is 3. The van der Waals surface area contributed by atoms with Crippen molar-refractivity contribution in [3.8, 4) is 0 Å². The zero-order chi connectivity index (χ0) is 16.1. The predicted molar refractivity (Wildman–Crippen MR) is 86.1 cm³/mol. The highest BCUT2D eigenvalue weighted by atomic mass is 16.4. The van der Waals surface area contributed by atoms with Crippen LogP contribution >= 0.6 is 0 Å². The van der Waals surface area contributed by atoms with E-state index in [1.165, 1.54) is 0 Å². The quantitative estimate of drug-likeness (QED) is 0.451. The van der Waals surface area contributed by atoms with Gasteiger partial charge in [0.2, 0.25) is 0 Å². The van der Waals surface area contributed by atoms with Crippen molar-refractivity contribution in [1.29, 1.82) is 0 Å². The third-order valence-corrected chi connectivity index (χ3v) is 5.66. The van der Waals surface area contributed by atoms with Crippen LogP contribution in [0.1, 0.15) is 65.7 Å². The minimum absolute atomic E-state index is 0.00597. The van der Waals surface area contributed by atoms with Gasteiger partial charge in [-0.25, -0.2) is 0 Å². The van der Waals surface area contributed by atoms with E-state index in [0.29, 0.717) is 18.7 Å². The lowest BCUT2D eigenvalue weighted by molar-refractivity contribution is -0.145. The number of carboxylic acid groups (broad SMARTS) is 1. The van der Waals surface area contributed by atoms with Crippen LogP contribution in [0, 0.1) is 17.3 Å². The number of hydrogen-bond donors (Lipinski definition) is 3. The highest BCUT2D eigenvalue weighted by Crippen LogP contribution is 2.56. The molecule has 1 aliphatic carbocycles. The Hall–Kier alpha value is -0.545. The van der Waals surface area contributed by atoms with Crippen LogP contribution in [0.15, 0.2) is 0 Å². The van der Waals surface area contributed by atoms with Crippen molar-refractivity contribution in [3.05, 3.63) is 0 Å². The smallest absolute Gasteiger partial charge is 0.323 e. The molecule has 0 bridgehead atoms. The van der Waals surface area contributed by atoms with E-state index in [9.17, 15) is 9.90 Å². The lowest BCUT2D eigenvalue weighted by Gasteiger charge is -2.34. The molecule has 1 aliphatic rings. The Morgan fingerprint density at radius 3 is 2.38 bits per heavy atom. The fourth-order valence-corrected chi connectivity index (χ4v) is 4.26. The van der Waals surface area contributed by atoms with E-state index in [0.717, 1.165) is 46.0 Å². The average molecular weight is 296 g/mol. The molecule has 0 aromatic heterocycles. The van der Waals surface area contributed by atoms with Gasteiger partial charge in [-0.3, -0.25) is 4.79 Å². The van der Waals surface area contributed by atoms with Crippen LogP contribution in [0.3, 0.4) is 0 Å². The van der Waals surface area contributed by atoms with Crippen molar-refractivity contribution in [1.82, 2.24) is 0 Å². The van der Waals surface area contributed by atoms with Crippen molar-refractivity contribution in [2.75, 3.05) is 0 Å². The fraction of sp³-hybridized carbons (Fsp3) is 0.938. The SMILES string of the molecule is CCCCC1C(CCC[B]O)C(N)(C(=O)O)CC1(C)CC. The van der Waals surface area contributed by atoms with Crippen LogP contribution in [0.4, 0.5) is 0 Å². The maximum Gasteiger partial charge on any atom is 0.323 e. The van der Waals surface area contributed by atoms with Gasteiger partial charge in [0.25, 0.3) is 7.48 Å². The standard InChI is InChI=1S/C16H31BNO3/c1-4-6-8-12-13(9-7-10-17-21)16(18,14(19)20)11-15(12,3)5-2/h12-13,21H,4-11,18H2,1-3H3,(H,19,20). The van der Waals surface area contributed by atoms with Gasteiger partial charge in [-0.15, -0.1) is 0 Å². The number of carbonyl (C=O) groups is 1. The van der Waals surface area contributed by atoms with Gasteiger partial charge in [0.1, 0.15) is 5.54 Å². The van der Waals surface area contributed by atoms with E-state index in [1.54, 1.807) is 0 Å². The molecule has 1 fully saturated rings. The summed E-state index contributed by atoms with van der Waals surface area (Å²) < 4.78 is 0. The van der Waals surface area contributed by atoms with E-state index >= 15 is 0 Å². The minimum atomic E-state index is -1.11. The summed E-state index contributed by atoms with van der Waals surface area (Å²) in [7, 11) is 1.16. The molecule has 1 saturated carbocycles. The third kappa shape index (κ3) is 3.81. The van der Waals surface area contributed by atoms with Gasteiger partial charge in [0.05, 0.1) is 0 Å². The van der Waals surface area contributed by atoms with E-state index < -0.39 is 11.5 Å². The Kier molecular flexibility index (Phi) is 6.73. The van der Waals surface area contributed by atoms with E-state index in [1.807, 2.05) is 0 Å². The summed E-state index contributed by atoms with van der Waals surface area (Å²) in [5.41, 5.74) is 5.27. The predicted octanol–water partition coefficient (Wildman–Crippen LogP) is 2.82. The Bertz CT molecular complexity index is 352. The molecule has 0 heterocycles. The van der Waals surface area contributed by atoms with Crippen LogP contribution in [-0.4, -0.2) is 29.1 Å². The number of unbranched alkanes of at least 4 members (excludes halogenated alkanes) is 1. The molecule has 4 unspecified atom stereocenters. The molecule has 1 rings (SSSR count). The molecule has 0 spiro atoms. The second-order valence-corrected chi connectivity index (χ2v) is 7.00. The van der Waals surface area contributed by atoms with E-state index in [2.05, 4.69) is 20.8 Å². The van der Waals surface area contributed by atoms with Crippen molar-refractivity contribution < 1.29 is 14.9 Å². The largest absolute Gasteiger partial charge is 0.480 e. The molecule has 1 radical (unpaired) electrons. The molecule has 0 aliphatic heterocycles. The summed E-state index contributed by atoms with van der Waals surface area (Å²) in [5.74, 6) is -0.493. The molecular formula is C16H31BNO3. The molecule has 21 heavy (non-hydrogen) atoms. The van der Waals surface area contributed by atoms with Gasteiger partial charge in [-0.2, -0.15) is 0 Å². The van der Waals surface area contributed by atoms with Gasteiger partial charge >= 0.3 is 5.97 Å². The second kappa shape index (κ2) is 7.64. The van der Waals surface area contributed by atoms with Crippen molar-refractivity contribution in [2.24, 2.45) is 23.0 Å². The van der Waals surface area contributed by atoms with Gasteiger partial charge in [0, 0.05) is 0 Å². The second-order valence-electron chi connectivity index (χ2n) is 7.00. The van der Waals surface area contributed by atoms with E-state index in [4.69, 9.17) is 10.8 Å².